The molecule has 0 fully saturated rings. The minimum atomic E-state index is 0.716. The summed E-state index contributed by atoms with van der Waals surface area (Å²) < 4.78 is 5.80. The molecule has 0 amide bonds. The third-order valence-corrected chi connectivity index (χ3v) is 5.30. The maximum absolute atomic E-state index is 5.80. The van der Waals surface area contributed by atoms with Crippen molar-refractivity contribution in [2.24, 2.45) is 0 Å². The highest BCUT2D eigenvalue weighted by Crippen LogP contribution is 2.28. The molecule has 0 N–H and O–H groups in total. The van der Waals surface area contributed by atoms with Crippen LogP contribution in [0.1, 0.15) is 30.9 Å². The van der Waals surface area contributed by atoms with Crippen molar-refractivity contribution in [2.45, 2.75) is 33.6 Å². The maximum atomic E-state index is 5.80. The summed E-state index contributed by atoms with van der Waals surface area (Å²) in [6.07, 6.45) is 2.18. The standard InChI is InChI=1S/C28H28N2O/c1-4-5-18-31-25-16-14-24(15-17-25)28-29-26(22-10-6-20(2)7-11-22)19-27(30-28)23-12-8-21(3)9-13-23/h6-17,19H,4-5,18H2,1-3H3. The Morgan fingerprint density at radius 1 is 0.645 bits per heavy atom. The molecule has 0 saturated heterocycles. The van der Waals surface area contributed by atoms with Crippen LogP contribution in [0.3, 0.4) is 0 Å². The Morgan fingerprint density at radius 3 is 1.61 bits per heavy atom. The van der Waals surface area contributed by atoms with Gasteiger partial charge in [0.15, 0.2) is 5.82 Å². The van der Waals surface area contributed by atoms with Gasteiger partial charge in [0.25, 0.3) is 0 Å². The molecule has 3 aromatic carbocycles. The van der Waals surface area contributed by atoms with Crippen molar-refractivity contribution >= 4 is 0 Å². The monoisotopic (exact) mass is 408 g/mol. The molecule has 0 aliphatic rings. The number of ether oxygens (including phenoxy) is 1. The van der Waals surface area contributed by atoms with Gasteiger partial charge in [0.05, 0.1) is 18.0 Å². The summed E-state index contributed by atoms with van der Waals surface area (Å²) >= 11 is 0. The summed E-state index contributed by atoms with van der Waals surface area (Å²) in [7, 11) is 0. The number of rotatable bonds is 7. The van der Waals surface area contributed by atoms with Crippen LogP contribution in [0.4, 0.5) is 0 Å². The molecule has 0 aliphatic carbocycles. The molecule has 1 aromatic heterocycles. The van der Waals surface area contributed by atoms with Gasteiger partial charge in [-0.05, 0) is 50.6 Å². The van der Waals surface area contributed by atoms with Crippen molar-refractivity contribution < 1.29 is 4.74 Å². The lowest BCUT2D eigenvalue weighted by Crippen LogP contribution is -1.98. The first-order chi connectivity index (χ1) is 15.1. The zero-order chi connectivity index (χ0) is 21.6. The van der Waals surface area contributed by atoms with Crippen molar-refractivity contribution in [2.75, 3.05) is 6.61 Å². The summed E-state index contributed by atoms with van der Waals surface area (Å²) in [6, 6.07) is 27.1. The summed E-state index contributed by atoms with van der Waals surface area (Å²) in [4.78, 5) is 9.80. The van der Waals surface area contributed by atoms with Crippen molar-refractivity contribution in [3.8, 4) is 39.7 Å². The van der Waals surface area contributed by atoms with Crippen molar-refractivity contribution in [1.29, 1.82) is 0 Å². The number of hydrogen-bond acceptors (Lipinski definition) is 3. The normalized spacial score (nSPS) is 10.8. The molecule has 31 heavy (non-hydrogen) atoms. The topological polar surface area (TPSA) is 35.0 Å². The fraction of sp³-hybridized carbons (Fsp3) is 0.214. The zero-order valence-corrected chi connectivity index (χ0v) is 18.4. The first-order valence-corrected chi connectivity index (χ1v) is 10.9. The van der Waals surface area contributed by atoms with E-state index in [-0.39, 0.29) is 0 Å². The summed E-state index contributed by atoms with van der Waals surface area (Å²) in [5.41, 5.74) is 7.45. The van der Waals surface area contributed by atoms with Crippen LogP contribution in [-0.2, 0) is 0 Å². The molecule has 0 spiro atoms. The van der Waals surface area contributed by atoms with Gasteiger partial charge in [-0.2, -0.15) is 0 Å². The van der Waals surface area contributed by atoms with E-state index in [4.69, 9.17) is 14.7 Å². The van der Waals surface area contributed by atoms with Gasteiger partial charge in [0, 0.05) is 16.7 Å². The first-order valence-electron chi connectivity index (χ1n) is 10.9. The number of hydrogen-bond donors (Lipinski definition) is 0. The molecule has 3 nitrogen and oxygen atoms in total. The average Bonchev–Trinajstić information content (AvgIpc) is 2.80. The number of aryl methyl sites for hydroxylation is 2. The molecule has 1 heterocycles. The van der Waals surface area contributed by atoms with E-state index in [0.29, 0.717) is 5.82 Å². The van der Waals surface area contributed by atoms with Crippen molar-refractivity contribution in [3.05, 3.63) is 90.0 Å². The van der Waals surface area contributed by atoms with E-state index in [0.717, 1.165) is 53.3 Å². The van der Waals surface area contributed by atoms with E-state index in [1.165, 1.54) is 11.1 Å². The minimum Gasteiger partial charge on any atom is -0.494 e. The highest BCUT2D eigenvalue weighted by atomic mass is 16.5. The third-order valence-electron chi connectivity index (χ3n) is 5.30. The van der Waals surface area contributed by atoms with E-state index in [1.54, 1.807) is 0 Å². The van der Waals surface area contributed by atoms with Crippen LogP contribution in [-0.4, -0.2) is 16.6 Å². The summed E-state index contributed by atoms with van der Waals surface area (Å²) in [6.45, 7) is 7.09. The molecular weight excluding hydrogens is 380 g/mol. The molecular formula is C28H28N2O. The molecule has 0 atom stereocenters. The van der Waals surface area contributed by atoms with Gasteiger partial charge in [-0.3, -0.25) is 0 Å². The van der Waals surface area contributed by atoms with E-state index in [1.807, 2.05) is 24.3 Å². The molecule has 0 saturated carbocycles. The molecule has 3 heteroatoms. The predicted molar refractivity (Wildman–Crippen MR) is 128 cm³/mol. The summed E-state index contributed by atoms with van der Waals surface area (Å²) in [5, 5.41) is 0. The second-order valence-electron chi connectivity index (χ2n) is 7.92. The van der Waals surface area contributed by atoms with Gasteiger partial charge >= 0.3 is 0 Å². The van der Waals surface area contributed by atoms with Gasteiger partial charge in [-0.1, -0.05) is 73.0 Å². The molecule has 4 aromatic rings. The van der Waals surface area contributed by atoms with Gasteiger partial charge in [0.2, 0.25) is 0 Å². The van der Waals surface area contributed by atoms with Crippen LogP contribution >= 0.6 is 0 Å². The van der Waals surface area contributed by atoms with E-state index >= 15 is 0 Å². The Kier molecular flexibility index (Phi) is 6.42. The Morgan fingerprint density at radius 2 is 1.13 bits per heavy atom. The van der Waals surface area contributed by atoms with Crippen LogP contribution < -0.4 is 4.74 Å². The fourth-order valence-corrected chi connectivity index (χ4v) is 3.36. The molecule has 0 unspecified atom stereocenters. The largest absolute Gasteiger partial charge is 0.494 e. The van der Waals surface area contributed by atoms with Crippen molar-refractivity contribution in [3.63, 3.8) is 0 Å². The average molecular weight is 409 g/mol. The highest BCUT2D eigenvalue weighted by molar-refractivity contribution is 5.72. The molecule has 0 aliphatic heterocycles. The van der Waals surface area contributed by atoms with Crippen molar-refractivity contribution in [1.82, 2.24) is 9.97 Å². The SMILES string of the molecule is CCCCOc1ccc(-c2nc(-c3ccc(C)cc3)cc(-c3ccc(C)cc3)n2)cc1. The van der Waals surface area contributed by atoms with Gasteiger partial charge < -0.3 is 4.74 Å². The quantitative estimate of drug-likeness (QED) is 0.302. The molecule has 0 radical (unpaired) electrons. The van der Waals surface area contributed by atoms with Crippen LogP contribution in [0.5, 0.6) is 5.75 Å². The second kappa shape index (κ2) is 9.57. The summed E-state index contributed by atoms with van der Waals surface area (Å²) in [5.74, 6) is 1.60. The van der Waals surface area contributed by atoms with Gasteiger partial charge in [-0.25, -0.2) is 9.97 Å². The lowest BCUT2D eigenvalue weighted by Gasteiger charge is -2.11. The van der Waals surface area contributed by atoms with Gasteiger partial charge in [-0.15, -0.1) is 0 Å². The number of unbranched alkanes of at least 4 members (excludes halogenated alkanes) is 1. The zero-order valence-electron chi connectivity index (χ0n) is 18.4. The Balaban J connectivity index is 1.74. The number of benzene rings is 3. The predicted octanol–water partition coefficient (Wildman–Crippen LogP) is 7.27. The minimum absolute atomic E-state index is 0.716. The van der Waals surface area contributed by atoms with Crippen LogP contribution in [0, 0.1) is 13.8 Å². The van der Waals surface area contributed by atoms with E-state index in [2.05, 4.69) is 75.4 Å². The lowest BCUT2D eigenvalue weighted by molar-refractivity contribution is 0.309. The van der Waals surface area contributed by atoms with Crippen LogP contribution in [0.25, 0.3) is 33.9 Å². The molecule has 4 rings (SSSR count). The second-order valence-corrected chi connectivity index (χ2v) is 7.92. The molecule has 156 valence electrons. The Bertz CT molecular complexity index is 1070. The van der Waals surface area contributed by atoms with Crippen LogP contribution in [0.15, 0.2) is 78.9 Å². The highest BCUT2D eigenvalue weighted by Gasteiger charge is 2.11. The van der Waals surface area contributed by atoms with Crippen LogP contribution in [0.2, 0.25) is 0 Å². The first kappa shape index (κ1) is 20.8. The van der Waals surface area contributed by atoms with E-state index in [9.17, 15) is 0 Å². The lowest BCUT2D eigenvalue weighted by atomic mass is 10.0. The maximum Gasteiger partial charge on any atom is 0.160 e. The number of nitrogens with zero attached hydrogens (tertiary/aromatic N) is 2. The van der Waals surface area contributed by atoms with E-state index < -0.39 is 0 Å². The molecule has 0 bridgehead atoms. The Labute approximate surface area is 184 Å². The fourth-order valence-electron chi connectivity index (χ4n) is 3.36. The smallest absolute Gasteiger partial charge is 0.160 e. The Hall–Kier alpha value is -3.46. The van der Waals surface area contributed by atoms with Gasteiger partial charge in [0.1, 0.15) is 5.75 Å². The number of aromatic nitrogens is 2. The third kappa shape index (κ3) is 5.18.